The molecule has 1 amide bonds. The summed E-state index contributed by atoms with van der Waals surface area (Å²) in [5.41, 5.74) is 6.15. The maximum absolute atomic E-state index is 13.2. The Morgan fingerprint density at radius 1 is 1.24 bits per heavy atom. The number of carbonyl (C=O) groups excluding carboxylic acids is 2. The van der Waals surface area contributed by atoms with Crippen LogP contribution in [0.2, 0.25) is 0 Å². The van der Waals surface area contributed by atoms with E-state index in [-0.39, 0.29) is 39.0 Å². The molecule has 0 aliphatic heterocycles. The van der Waals surface area contributed by atoms with E-state index in [4.69, 9.17) is 15.2 Å². The highest BCUT2D eigenvalue weighted by molar-refractivity contribution is 7.20. The van der Waals surface area contributed by atoms with Gasteiger partial charge in [-0.25, -0.2) is 14.8 Å². The second-order valence-electron chi connectivity index (χ2n) is 6.63. The van der Waals surface area contributed by atoms with Gasteiger partial charge in [0, 0.05) is 28.9 Å². The van der Waals surface area contributed by atoms with E-state index in [2.05, 4.69) is 25.5 Å². The van der Waals surface area contributed by atoms with Crippen LogP contribution in [0.3, 0.4) is 0 Å². The van der Waals surface area contributed by atoms with E-state index in [1.807, 2.05) is 0 Å². The molecular weight excluding hydrogens is 470 g/mol. The summed E-state index contributed by atoms with van der Waals surface area (Å²) in [6.07, 6.45) is 5.27. The third-order valence-corrected chi connectivity index (χ3v) is 5.67. The van der Waals surface area contributed by atoms with Crippen molar-refractivity contribution in [3.8, 4) is 17.0 Å². The first-order valence-electron chi connectivity index (χ1n) is 9.56. The molecule has 0 saturated carbocycles. The molecule has 0 fully saturated rings. The monoisotopic (exact) mass is 486 g/mol. The first-order valence-corrected chi connectivity index (χ1v) is 10.4. The zero-order valence-corrected chi connectivity index (χ0v) is 18.2. The molecule has 174 valence electrons. The molecule has 0 saturated heterocycles. The Bertz CT molecular complexity index is 1390. The summed E-state index contributed by atoms with van der Waals surface area (Å²) in [7, 11) is 1.24. The van der Waals surface area contributed by atoms with E-state index in [9.17, 15) is 18.4 Å². The fraction of sp³-hybridized carbons (Fsp3) is 0.0952. The lowest BCUT2D eigenvalue weighted by atomic mass is 10.1. The van der Waals surface area contributed by atoms with Gasteiger partial charge in [0.15, 0.2) is 5.82 Å². The Kier molecular flexibility index (Phi) is 6.45. The Morgan fingerprint density at radius 3 is 2.68 bits per heavy atom. The number of alkyl halides is 2. The standard InChI is InChI=1S/C21H16F2N6O4S/c1-32-20(31)16-6-10-5-14(33-21(22)23)11(7-15(10)34-16)17-13(9-27-29-17)28-19(30)12(8-24)18-25-3-2-4-26-18/h2-9,21H,24H2,1H3,(H,27,29)(H,28,30). The predicted octanol–water partition coefficient (Wildman–Crippen LogP) is 3.41. The summed E-state index contributed by atoms with van der Waals surface area (Å²) in [6, 6.07) is 6.02. The number of aromatic nitrogens is 4. The minimum Gasteiger partial charge on any atom is -0.465 e. The third-order valence-electron chi connectivity index (χ3n) is 4.60. The van der Waals surface area contributed by atoms with Crippen molar-refractivity contribution in [1.82, 2.24) is 20.2 Å². The predicted molar refractivity (Wildman–Crippen MR) is 120 cm³/mol. The van der Waals surface area contributed by atoms with Crippen molar-refractivity contribution < 1.29 is 27.8 Å². The van der Waals surface area contributed by atoms with Gasteiger partial charge in [-0.05, 0) is 29.7 Å². The van der Waals surface area contributed by atoms with Gasteiger partial charge in [-0.15, -0.1) is 11.3 Å². The Hall–Kier alpha value is -4.39. The molecule has 0 atom stereocenters. The van der Waals surface area contributed by atoms with Gasteiger partial charge in [0.05, 0.1) is 30.3 Å². The van der Waals surface area contributed by atoms with Gasteiger partial charge in [-0.3, -0.25) is 9.89 Å². The molecular formula is C21H16F2N6O4S. The van der Waals surface area contributed by atoms with E-state index < -0.39 is 18.5 Å². The summed E-state index contributed by atoms with van der Waals surface area (Å²) in [4.78, 5) is 33.0. The number of hydrogen-bond acceptors (Lipinski definition) is 9. The first-order chi connectivity index (χ1) is 16.4. The lowest BCUT2D eigenvalue weighted by Crippen LogP contribution is -2.16. The minimum absolute atomic E-state index is 0.00627. The lowest BCUT2D eigenvalue weighted by molar-refractivity contribution is -0.111. The second kappa shape index (κ2) is 9.62. The van der Waals surface area contributed by atoms with Crippen LogP contribution in [0, 0.1) is 0 Å². The largest absolute Gasteiger partial charge is 0.465 e. The number of methoxy groups -OCH3 is 1. The van der Waals surface area contributed by atoms with Crippen LogP contribution in [-0.2, 0) is 9.53 Å². The number of nitrogens with two attached hydrogens (primary N) is 1. The maximum Gasteiger partial charge on any atom is 0.387 e. The van der Waals surface area contributed by atoms with Gasteiger partial charge < -0.3 is 20.5 Å². The molecule has 0 spiro atoms. The van der Waals surface area contributed by atoms with E-state index >= 15 is 0 Å². The third kappa shape index (κ3) is 4.54. The number of anilines is 1. The summed E-state index contributed by atoms with van der Waals surface area (Å²) in [5.74, 6) is -1.28. The first kappa shape index (κ1) is 22.8. The number of hydrogen-bond donors (Lipinski definition) is 3. The molecule has 3 aromatic heterocycles. The Morgan fingerprint density at radius 2 is 2.00 bits per heavy atom. The van der Waals surface area contributed by atoms with Crippen molar-refractivity contribution >= 4 is 44.6 Å². The van der Waals surface area contributed by atoms with E-state index in [0.29, 0.717) is 10.1 Å². The molecule has 1 aromatic carbocycles. The second-order valence-corrected chi connectivity index (χ2v) is 7.72. The van der Waals surface area contributed by atoms with Crippen molar-refractivity contribution in [3.05, 3.63) is 59.8 Å². The highest BCUT2D eigenvalue weighted by atomic mass is 32.1. The van der Waals surface area contributed by atoms with Gasteiger partial charge in [-0.1, -0.05) is 0 Å². The smallest absolute Gasteiger partial charge is 0.387 e. The van der Waals surface area contributed by atoms with Gasteiger partial charge >= 0.3 is 12.6 Å². The van der Waals surface area contributed by atoms with Gasteiger partial charge in [0.1, 0.15) is 10.6 Å². The average molecular weight is 486 g/mol. The Labute approximate surface area is 194 Å². The number of aromatic amines is 1. The highest BCUT2D eigenvalue weighted by Crippen LogP contribution is 2.40. The average Bonchev–Trinajstić information content (AvgIpc) is 3.45. The normalized spacial score (nSPS) is 11.6. The number of esters is 1. The molecule has 4 aromatic rings. The van der Waals surface area contributed by atoms with Gasteiger partial charge in [0.25, 0.3) is 5.91 Å². The molecule has 4 N–H and O–H groups in total. The number of nitrogens with zero attached hydrogens (tertiary/aromatic N) is 3. The molecule has 34 heavy (non-hydrogen) atoms. The quantitative estimate of drug-likeness (QED) is 0.266. The molecule has 10 nitrogen and oxygen atoms in total. The van der Waals surface area contributed by atoms with Gasteiger partial charge in [-0.2, -0.15) is 13.9 Å². The van der Waals surface area contributed by atoms with Crippen molar-refractivity contribution in [2.75, 3.05) is 12.4 Å². The number of H-pyrrole nitrogens is 1. The Balaban J connectivity index is 1.74. The number of amides is 1. The topological polar surface area (TPSA) is 145 Å². The molecule has 0 aliphatic rings. The number of benzene rings is 1. The van der Waals surface area contributed by atoms with Crippen LogP contribution in [0.4, 0.5) is 14.5 Å². The summed E-state index contributed by atoms with van der Waals surface area (Å²) in [6.45, 7) is -3.11. The SMILES string of the molecule is COC(=O)c1cc2cc(OC(F)F)c(-c3[nH]ncc3NC(=O)C(=CN)c3ncccn3)cc2s1. The van der Waals surface area contributed by atoms with Gasteiger partial charge in [0.2, 0.25) is 0 Å². The fourth-order valence-corrected chi connectivity index (χ4v) is 4.12. The van der Waals surface area contributed by atoms with Crippen LogP contribution in [-0.4, -0.2) is 45.8 Å². The van der Waals surface area contributed by atoms with Crippen LogP contribution in [0.1, 0.15) is 15.5 Å². The van der Waals surface area contributed by atoms with Crippen molar-refractivity contribution in [2.24, 2.45) is 5.73 Å². The van der Waals surface area contributed by atoms with Crippen molar-refractivity contribution in [1.29, 1.82) is 0 Å². The number of fused-ring (bicyclic) bond motifs is 1. The maximum atomic E-state index is 13.2. The zero-order valence-electron chi connectivity index (χ0n) is 17.4. The fourth-order valence-electron chi connectivity index (χ4n) is 3.12. The lowest BCUT2D eigenvalue weighted by Gasteiger charge is -2.12. The molecule has 13 heteroatoms. The van der Waals surface area contributed by atoms with Crippen LogP contribution in [0.15, 0.2) is 49.1 Å². The molecule has 3 heterocycles. The van der Waals surface area contributed by atoms with Crippen LogP contribution >= 0.6 is 11.3 Å². The van der Waals surface area contributed by atoms with E-state index in [0.717, 1.165) is 17.5 Å². The van der Waals surface area contributed by atoms with Crippen LogP contribution in [0.25, 0.3) is 26.9 Å². The number of thiophene rings is 1. The molecule has 0 aliphatic carbocycles. The van der Waals surface area contributed by atoms with Crippen LogP contribution in [0.5, 0.6) is 5.75 Å². The minimum atomic E-state index is -3.11. The number of carbonyl (C=O) groups is 2. The number of halogens is 2. The zero-order chi connectivity index (χ0) is 24.2. The van der Waals surface area contributed by atoms with Crippen molar-refractivity contribution in [3.63, 3.8) is 0 Å². The molecule has 0 unspecified atom stereocenters. The number of ether oxygens (including phenoxy) is 2. The molecule has 4 rings (SSSR count). The highest BCUT2D eigenvalue weighted by Gasteiger charge is 2.22. The van der Waals surface area contributed by atoms with Crippen molar-refractivity contribution in [2.45, 2.75) is 6.61 Å². The molecule has 0 radical (unpaired) electrons. The summed E-state index contributed by atoms with van der Waals surface area (Å²) >= 11 is 1.11. The molecule has 0 bridgehead atoms. The number of rotatable bonds is 7. The number of nitrogens with one attached hydrogen (secondary N) is 2. The van der Waals surface area contributed by atoms with E-state index in [1.54, 1.807) is 12.1 Å². The summed E-state index contributed by atoms with van der Waals surface area (Å²) in [5, 5.41) is 9.73. The summed E-state index contributed by atoms with van der Waals surface area (Å²) < 4.78 is 36.4. The van der Waals surface area contributed by atoms with Crippen LogP contribution < -0.4 is 15.8 Å². The van der Waals surface area contributed by atoms with E-state index in [1.165, 1.54) is 37.8 Å².